The smallest absolute Gasteiger partial charge is 0.308 e. The minimum Gasteiger partial charge on any atom is -0.308 e. The van der Waals surface area contributed by atoms with Crippen LogP contribution in [0.5, 0.6) is 0 Å². The van der Waals surface area contributed by atoms with Crippen molar-refractivity contribution < 1.29 is 18.4 Å². The number of anilines is 2. The Morgan fingerprint density at radius 2 is 1.79 bits per heavy atom. The summed E-state index contributed by atoms with van der Waals surface area (Å²) in [7, 11) is 0. The molecule has 0 aromatic heterocycles. The number of rotatable bonds is 3. The van der Waals surface area contributed by atoms with Crippen molar-refractivity contribution in [1.29, 1.82) is 0 Å². The SMILES string of the molecule is Cc1cccc(NC(=O)N2CCS[C@]23C(=O)N(Cc2c(F)cccc2F)c2ccccc23)c1. The van der Waals surface area contributed by atoms with E-state index < -0.39 is 22.5 Å². The molecular weight excluding hydrogens is 444 g/mol. The summed E-state index contributed by atoms with van der Waals surface area (Å²) < 4.78 is 28.8. The van der Waals surface area contributed by atoms with Gasteiger partial charge in [-0.2, -0.15) is 0 Å². The first-order valence-corrected chi connectivity index (χ1v) is 11.5. The van der Waals surface area contributed by atoms with Crippen molar-refractivity contribution in [2.75, 3.05) is 22.5 Å². The van der Waals surface area contributed by atoms with Crippen LogP contribution in [-0.4, -0.2) is 29.1 Å². The van der Waals surface area contributed by atoms with Gasteiger partial charge in [0.1, 0.15) is 11.6 Å². The number of carbonyl (C=O) groups excluding carboxylic acids is 2. The second-order valence-electron chi connectivity index (χ2n) is 8.05. The van der Waals surface area contributed by atoms with Gasteiger partial charge in [0.2, 0.25) is 0 Å². The van der Waals surface area contributed by atoms with E-state index in [0.717, 1.165) is 5.56 Å². The highest BCUT2D eigenvalue weighted by atomic mass is 32.2. The Morgan fingerprint density at radius 1 is 1.06 bits per heavy atom. The molecule has 2 heterocycles. The van der Waals surface area contributed by atoms with E-state index in [9.17, 15) is 18.4 Å². The second-order valence-corrected chi connectivity index (χ2v) is 9.34. The average molecular weight is 466 g/mol. The van der Waals surface area contributed by atoms with Crippen LogP contribution in [0.25, 0.3) is 0 Å². The molecule has 33 heavy (non-hydrogen) atoms. The molecule has 3 amide bonds. The topological polar surface area (TPSA) is 52.7 Å². The Morgan fingerprint density at radius 3 is 2.55 bits per heavy atom. The number of urea groups is 1. The molecule has 2 aliphatic heterocycles. The maximum absolute atomic E-state index is 14.4. The molecule has 168 valence electrons. The summed E-state index contributed by atoms with van der Waals surface area (Å²) in [6.45, 7) is 2.04. The normalized spacial score (nSPS) is 19.3. The molecule has 1 N–H and O–H groups in total. The molecule has 3 aromatic carbocycles. The molecule has 1 spiro atoms. The highest BCUT2D eigenvalue weighted by Gasteiger charge is 2.59. The molecule has 0 saturated carbocycles. The van der Waals surface area contributed by atoms with Crippen molar-refractivity contribution in [2.24, 2.45) is 0 Å². The fourth-order valence-corrected chi connectivity index (χ4v) is 5.94. The molecule has 1 atom stereocenters. The lowest BCUT2D eigenvalue weighted by molar-refractivity contribution is -0.123. The van der Waals surface area contributed by atoms with Gasteiger partial charge in [0.25, 0.3) is 5.91 Å². The van der Waals surface area contributed by atoms with E-state index in [1.54, 1.807) is 30.3 Å². The summed E-state index contributed by atoms with van der Waals surface area (Å²) in [6.07, 6.45) is 0. The van der Waals surface area contributed by atoms with Gasteiger partial charge in [-0.05, 0) is 42.8 Å². The third-order valence-corrected chi connectivity index (χ3v) is 7.41. The third kappa shape index (κ3) is 3.45. The van der Waals surface area contributed by atoms with Crippen LogP contribution in [0.1, 0.15) is 16.7 Å². The second kappa shape index (κ2) is 8.19. The third-order valence-electron chi connectivity index (χ3n) is 5.99. The minimum atomic E-state index is -1.29. The number of nitrogens with zero attached hydrogens (tertiary/aromatic N) is 2. The van der Waals surface area contributed by atoms with Crippen molar-refractivity contribution in [3.05, 3.63) is 95.1 Å². The molecule has 1 fully saturated rings. The number of aryl methyl sites for hydroxylation is 1. The van der Waals surface area contributed by atoms with Crippen LogP contribution in [-0.2, 0) is 16.2 Å². The summed E-state index contributed by atoms with van der Waals surface area (Å²) in [4.78, 5) is 28.8. The van der Waals surface area contributed by atoms with Crippen LogP contribution in [0.2, 0.25) is 0 Å². The zero-order valence-electron chi connectivity index (χ0n) is 17.8. The van der Waals surface area contributed by atoms with Crippen LogP contribution in [0.15, 0.2) is 66.7 Å². The molecule has 3 aromatic rings. The monoisotopic (exact) mass is 465 g/mol. The van der Waals surface area contributed by atoms with Crippen LogP contribution in [0, 0.1) is 18.6 Å². The number of amides is 3. The maximum Gasteiger partial charge on any atom is 0.323 e. The first-order chi connectivity index (χ1) is 15.9. The predicted octanol–water partition coefficient (Wildman–Crippen LogP) is 5.25. The number of fused-ring (bicyclic) bond motifs is 2. The lowest BCUT2D eigenvalue weighted by atomic mass is 10.1. The van der Waals surface area contributed by atoms with E-state index in [0.29, 0.717) is 29.2 Å². The molecule has 0 aliphatic carbocycles. The number of hydrogen-bond donors (Lipinski definition) is 1. The van der Waals surface area contributed by atoms with Gasteiger partial charge < -0.3 is 10.2 Å². The number of carbonyl (C=O) groups is 2. The van der Waals surface area contributed by atoms with Crippen LogP contribution < -0.4 is 10.2 Å². The van der Waals surface area contributed by atoms with Crippen molar-refractivity contribution in [3.8, 4) is 0 Å². The van der Waals surface area contributed by atoms with E-state index >= 15 is 0 Å². The zero-order valence-corrected chi connectivity index (χ0v) is 18.7. The van der Waals surface area contributed by atoms with Gasteiger partial charge >= 0.3 is 6.03 Å². The van der Waals surface area contributed by atoms with Gasteiger partial charge in [0.15, 0.2) is 4.87 Å². The van der Waals surface area contributed by atoms with Crippen molar-refractivity contribution >= 4 is 35.1 Å². The van der Waals surface area contributed by atoms with Gasteiger partial charge in [-0.25, -0.2) is 13.6 Å². The van der Waals surface area contributed by atoms with Gasteiger partial charge in [-0.1, -0.05) is 36.4 Å². The maximum atomic E-state index is 14.4. The van der Waals surface area contributed by atoms with Crippen molar-refractivity contribution in [1.82, 2.24) is 4.90 Å². The number of nitrogens with one attached hydrogen (secondary N) is 1. The molecule has 5 nitrogen and oxygen atoms in total. The highest BCUT2D eigenvalue weighted by Crippen LogP contribution is 2.54. The molecule has 1 saturated heterocycles. The van der Waals surface area contributed by atoms with Gasteiger partial charge in [0, 0.05) is 29.1 Å². The fourth-order valence-electron chi connectivity index (χ4n) is 4.48. The first kappa shape index (κ1) is 21.5. The first-order valence-electron chi connectivity index (χ1n) is 10.6. The number of para-hydroxylation sites is 1. The van der Waals surface area contributed by atoms with E-state index in [1.807, 2.05) is 25.1 Å². The van der Waals surface area contributed by atoms with Crippen LogP contribution >= 0.6 is 11.8 Å². The Labute approximate surface area is 194 Å². The van der Waals surface area contributed by atoms with E-state index in [-0.39, 0.29) is 18.0 Å². The number of benzene rings is 3. The predicted molar refractivity (Wildman–Crippen MR) is 125 cm³/mol. The van der Waals surface area contributed by atoms with E-state index in [4.69, 9.17) is 0 Å². The molecule has 8 heteroatoms. The standard InChI is InChI=1S/C25H21F2N3O2S/c1-16-6-4-7-17(14-16)28-24(32)30-12-13-33-25(30)19-8-2-3-11-22(19)29(23(25)31)15-18-20(26)9-5-10-21(18)27/h2-11,14H,12-13,15H2,1H3,(H,28,32)/t25-/m1/s1. The van der Waals surface area contributed by atoms with E-state index in [1.165, 1.54) is 39.8 Å². The van der Waals surface area contributed by atoms with E-state index in [2.05, 4.69) is 5.32 Å². The number of halogens is 2. The quantitative estimate of drug-likeness (QED) is 0.575. The van der Waals surface area contributed by atoms with Crippen molar-refractivity contribution in [3.63, 3.8) is 0 Å². The summed E-state index contributed by atoms with van der Waals surface area (Å²) >= 11 is 1.36. The van der Waals surface area contributed by atoms with Crippen molar-refractivity contribution in [2.45, 2.75) is 18.3 Å². The fraction of sp³-hybridized carbons (Fsp3) is 0.200. The summed E-state index contributed by atoms with van der Waals surface area (Å²) in [5.41, 5.74) is 2.65. The number of thioether (sulfide) groups is 1. The van der Waals surface area contributed by atoms with Crippen LogP contribution in [0.4, 0.5) is 25.0 Å². The molecule has 0 bridgehead atoms. The molecule has 2 aliphatic rings. The molecule has 5 rings (SSSR count). The number of hydrogen-bond acceptors (Lipinski definition) is 3. The lowest BCUT2D eigenvalue weighted by Crippen LogP contribution is -2.51. The lowest BCUT2D eigenvalue weighted by Gasteiger charge is -2.33. The zero-order chi connectivity index (χ0) is 23.2. The van der Waals surface area contributed by atoms with Gasteiger partial charge in [0.05, 0.1) is 12.2 Å². The summed E-state index contributed by atoms with van der Waals surface area (Å²) in [5, 5.41) is 2.89. The Bertz CT molecular complexity index is 1250. The Kier molecular flexibility index (Phi) is 5.32. The Balaban J connectivity index is 1.53. The molecular formula is C25H21F2N3O2S. The molecule has 0 radical (unpaired) electrons. The average Bonchev–Trinajstić information content (AvgIpc) is 3.33. The molecule has 0 unspecified atom stereocenters. The van der Waals surface area contributed by atoms with Crippen LogP contribution in [0.3, 0.4) is 0 Å². The summed E-state index contributed by atoms with van der Waals surface area (Å²) in [5.74, 6) is -1.25. The minimum absolute atomic E-state index is 0.184. The summed E-state index contributed by atoms with van der Waals surface area (Å²) in [6, 6.07) is 17.8. The highest BCUT2D eigenvalue weighted by molar-refractivity contribution is 8.01. The Hall–Kier alpha value is -3.39. The largest absolute Gasteiger partial charge is 0.323 e. The van der Waals surface area contributed by atoms with Gasteiger partial charge in [-0.3, -0.25) is 9.69 Å². The van der Waals surface area contributed by atoms with Gasteiger partial charge in [-0.15, -0.1) is 11.8 Å².